The molecule has 9 heteroatoms. The predicted molar refractivity (Wildman–Crippen MR) is 117 cm³/mol. The van der Waals surface area contributed by atoms with Crippen molar-refractivity contribution in [2.45, 2.75) is 32.4 Å². The van der Waals surface area contributed by atoms with Gasteiger partial charge in [-0.15, -0.1) is 5.10 Å². The summed E-state index contributed by atoms with van der Waals surface area (Å²) >= 11 is 8.38. The smallest absolute Gasteiger partial charge is 0.276 e. The van der Waals surface area contributed by atoms with Crippen LogP contribution in [0, 0.1) is 0 Å². The topological polar surface area (TPSA) is 70.2 Å². The number of para-hydroxylation sites is 1. The van der Waals surface area contributed by atoms with Gasteiger partial charge in [0.05, 0.1) is 9.83 Å². The Morgan fingerprint density at radius 1 is 1.29 bits per heavy atom. The van der Waals surface area contributed by atoms with Crippen LogP contribution >= 0.6 is 43.6 Å². The van der Waals surface area contributed by atoms with Gasteiger partial charge in [-0.25, -0.2) is 10.0 Å². The summed E-state index contributed by atoms with van der Waals surface area (Å²) in [7, 11) is 0. The number of nitrogens with zero attached hydrogens (tertiary/aromatic N) is 3. The summed E-state index contributed by atoms with van der Waals surface area (Å²) in [5.74, 6) is 1.33. The standard InChI is InChI=1S/C19H18Br2N4O2S/c1-2-3-6-9-28-19-23-18(26)15-11-7-4-5-8-13(11)22-17(25(15)24-19)14-10-12(20)16(21)27-14/h4-5,7-8,10,17H,2-3,6,9H2,1H3,(H,23,24,26)/t17-/m1/s1. The van der Waals surface area contributed by atoms with Crippen LogP contribution in [0.3, 0.4) is 0 Å². The van der Waals surface area contributed by atoms with Gasteiger partial charge >= 0.3 is 0 Å². The maximum absolute atomic E-state index is 13.0. The Hall–Kier alpha value is -1.58. The number of furan rings is 1. The Morgan fingerprint density at radius 3 is 2.86 bits per heavy atom. The molecule has 0 aliphatic carbocycles. The molecule has 0 fully saturated rings. The lowest BCUT2D eigenvalue weighted by Crippen LogP contribution is -2.50. The van der Waals surface area contributed by atoms with E-state index in [1.807, 2.05) is 30.3 Å². The fourth-order valence-electron chi connectivity index (χ4n) is 3.09. The Bertz CT molecular complexity index is 1050. The highest BCUT2D eigenvalue weighted by Gasteiger charge is 2.36. The van der Waals surface area contributed by atoms with Crippen LogP contribution in [0.15, 0.2) is 54.0 Å². The van der Waals surface area contributed by atoms with E-state index in [9.17, 15) is 4.79 Å². The van der Waals surface area contributed by atoms with Crippen molar-refractivity contribution in [2.75, 3.05) is 5.75 Å². The number of carbonyl (C=O) groups is 1. The zero-order valence-corrected chi connectivity index (χ0v) is 19.1. The van der Waals surface area contributed by atoms with Gasteiger partial charge in [0.25, 0.3) is 5.91 Å². The third kappa shape index (κ3) is 3.79. The molecule has 4 rings (SSSR count). The minimum absolute atomic E-state index is 0.176. The van der Waals surface area contributed by atoms with Crippen LogP contribution in [0.2, 0.25) is 0 Å². The molecule has 0 bridgehead atoms. The predicted octanol–water partition coefficient (Wildman–Crippen LogP) is 3.87. The average molecular weight is 526 g/mol. The number of unbranched alkanes of at least 4 members (excludes halogenated alkanes) is 2. The molecule has 146 valence electrons. The van der Waals surface area contributed by atoms with Crippen LogP contribution < -0.4 is 15.9 Å². The largest absolute Gasteiger partial charge is 0.449 e. The zero-order valence-electron chi connectivity index (χ0n) is 15.1. The fourth-order valence-corrected chi connectivity index (χ4v) is 4.55. The van der Waals surface area contributed by atoms with E-state index in [4.69, 9.17) is 14.5 Å². The van der Waals surface area contributed by atoms with Crippen LogP contribution in [-0.2, 0) is 4.79 Å². The second-order valence-corrected chi connectivity index (χ2v) is 9.06. The first-order valence-electron chi connectivity index (χ1n) is 9.02. The summed E-state index contributed by atoms with van der Waals surface area (Å²) in [4.78, 5) is 17.8. The van der Waals surface area contributed by atoms with Crippen molar-refractivity contribution in [2.24, 2.45) is 10.1 Å². The molecule has 1 atom stereocenters. The number of fused-ring (bicyclic) bond motifs is 2. The normalized spacial score (nSPS) is 18.2. The molecule has 6 nitrogen and oxygen atoms in total. The molecular weight excluding hydrogens is 508 g/mol. The minimum Gasteiger partial charge on any atom is -0.449 e. The second-order valence-electron chi connectivity index (χ2n) is 6.40. The van der Waals surface area contributed by atoms with Crippen molar-refractivity contribution in [3.8, 4) is 0 Å². The quantitative estimate of drug-likeness (QED) is 0.601. The van der Waals surface area contributed by atoms with Gasteiger partial charge in [-0.2, -0.15) is 0 Å². The van der Waals surface area contributed by atoms with Gasteiger partial charge in [0.15, 0.2) is 15.6 Å². The number of nitrogens with one attached hydrogen (secondary N) is 1. The highest BCUT2D eigenvalue weighted by molar-refractivity contribution is 9.13. The fraction of sp³-hybridized carbons (Fsp3) is 0.316. The van der Waals surface area contributed by atoms with Gasteiger partial charge in [-0.3, -0.25) is 10.1 Å². The summed E-state index contributed by atoms with van der Waals surface area (Å²) in [6, 6.07) is 9.43. The summed E-state index contributed by atoms with van der Waals surface area (Å²) in [5.41, 5.74) is 0.483. The number of hydrogen-bond acceptors (Lipinski definition) is 6. The number of benzene rings is 1. The summed E-state index contributed by atoms with van der Waals surface area (Å²) in [6.07, 6.45) is 2.85. The Labute approximate surface area is 183 Å². The number of thioether (sulfide) groups is 1. The summed E-state index contributed by atoms with van der Waals surface area (Å²) < 4.78 is 7.19. The molecule has 28 heavy (non-hydrogen) atoms. The highest BCUT2D eigenvalue weighted by atomic mass is 79.9. The van der Waals surface area contributed by atoms with Crippen LogP contribution in [0.5, 0.6) is 0 Å². The van der Waals surface area contributed by atoms with Gasteiger partial charge < -0.3 is 4.42 Å². The first kappa shape index (κ1) is 19.7. The van der Waals surface area contributed by atoms with Gasteiger partial charge in [-0.05, 0) is 50.4 Å². The van der Waals surface area contributed by atoms with Gasteiger partial charge in [0.2, 0.25) is 6.17 Å². The SMILES string of the molecule is CCCCCSC1=NN2C(=c3ccccc3=N[C@H]2c2cc(Br)c(Br)o2)C(=O)N1. The number of amides is 1. The number of hydrogen-bond donors (Lipinski definition) is 1. The van der Waals surface area contributed by atoms with Gasteiger partial charge in [-0.1, -0.05) is 49.7 Å². The molecule has 2 aromatic rings. The third-order valence-electron chi connectivity index (χ3n) is 4.42. The van der Waals surface area contributed by atoms with E-state index >= 15 is 0 Å². The van der Waals surface area contributed by atoms with E-state index in [0.717, 1.165) is 40.1 Å². The molecule has 0 saturated heterocycles. The lowest BCUT2D eigenvalue weighted by atomic mass is 10.1. The monoisotopic (exact) mass is 524 g/mol. The lowest BCUT2D eigenvalue weighted by molar-refractivity contribution is -0.116. The number of hydrazone groups is 1. The van der Waals surface area contributed by atoms with Crippen molar-refractivity contribution >= 4 is 60.4 Å². The molecule has 1 N–H and O–H groups in total. The molecule has 0 radical (unpaired) electrons. The summed E-state index contributed by atoms with van der Waals surface area (Å²) in [6.45, 7) is 2.17. The first-order chi connectivity index (χ1) is 13.6. The number of carbonyl (C=O) groups excluding carboxylic acids is 1. The molecule has 2 aliphatic heterocycles. The molecule has 0 unspecified atom stereocenters. The van der Waals surface area contributed by atoms with E-state index in [1.165, 1.54) is 0 Å². The molecule has 1 amide bonds. The van der Waals surface area contributed by atoms with E-state index in [1.54, 1.807) is 16.8 Å². The lowest BCUT2D eigenvalue weighted by Gasteiger charge is -2.32. The van der Waals surface area contributed by atoms with Crippen molar-refractivity contribution in [1.29, 1.82) is 0 Å². The van der Waals surface area contributed by atoms with Crippen molar-refractivity contribution in [1.82, 2.24) is 10.3 Å². The van der Waals surface area contributed by atoms with Crippen molar-refractivity contribution in [3.63, 3.8) is 0 Å². The number of rotatable bonds is 5. The van der Waals surface area contributed by atoms with Crippen LogP contribution in [-0.4, -0.2) is 21.8 Å². The van der Waals surface area contributed by atoms with Crippen LogP contribution in [0.25, 0.3) is 5.70 Å². The Kier molecular flexibility index (Phi) is 5.93. The average Bonchev–Trinajstić information content (AvgIpc) is 3.02. The van der Waals surface area contributed by atoms with E-state index in [0.29, 0.717) is 21.3 Å². The first-order valence-corrected chi connectivity index (χ1v) is 11.6. The van der Waals surface area contributed by atoms with Gasteiger partial charge in [0, 0.05) is 11.0 Å². The van der Waals surface area contributed by atoms with E-state index in [-0.39, 0.29) is 5.91 Å². The van der Waals surface area contributed by atoms with Crippen LogP contribution in [0.4, 0.5) is 0 Å². The third-order valence-corrected chi connectivity index (χ3v) is 7.08. The Balaban J connectivity index is 1.77. The molecular formula is C19H18Br2N4O2S. The van der Waals surface area contributed by atoms with Crippen LogP contribution in [0.1, 0.15) is 38.1 Å². The summed E-state index contributed by atoms with van der Waals surface area (Å²) in [5, 5.41) is 11.4. The molecule has 2 aliphatic rings. The molecule has 1 aromatic carbocycles. The number of halogens is 2. The maximum Gasteiger partial charge on any atom is 0.276 e. The second kappa shape index (κ2) is 8.42. The Morgan fingerprint density at radius 2 is 2.11 bits per heavy atom. The van der Waals surface area contributed by atoms with E-state index < -0.39 is 6.17 Å². The van der Waals surface area contributed by atoms with Gasteiger partial charge in [0.1, 0.15) is 5.70 Å². The molecule has 0 spiro atoms. The number of amidine groups is 1. The zero-order chi connectivity index (χ0) is 19.7. The molecule has 0 saturated carbocycles. The molecule has 3 heterocycles. The molecule has 1 aromatic heterocycles. The van der Waals surface area contributed by atoms with Crippen molar-refractivity contribution in [3.05, 3.63) is 55.8 Å². The van der Waals surface area contributed by atoms with Crippen molar-refractivity contribution < 1.29 is 9.21 Å². The highest BCUT2D eigenvalue weighted by Crippen LogP contribution is 2.36. The van der Waals surface area contributed by atoms with E-state index in [2.05, 4.69) is 44.1 Å². The minimum atomic E-state index is -0.551. The maximum atomic E-state index is 13.0.